The minimum absolute atomic E-state index is 0.106. The molecule has 1 N–H and O–H groups in total. The smallest absolute Gasteiger partial charge is 0.408 e. The van der Waals surface area contributed by atoms with Crippen molar-refractivity contribution in [2.45, 2.75) is 50.6 Å². The van der Waals surface area contributed by atoms with Crippen LogP contribution in [0.15, 0.2) is 32.3 Å². The van der Waals surface area contributed by atoms with Gasteiger partial charge < -0.3 is 4.42 Å². The average molecular weight is 367 g/mol. The van der Waals surface area contributed by atoms with E-state index < -0.39 is 15.8 Å². The summed E-state index contributed by atoms with van der Waals surface area (Å²) in [6, 6.07) is 4.53. The SMILES string of the molecule is CCn1c(=O)oc2cc(S(=O)(=O)NCC(C)(C)N3CCCC3)ccc21. The Labute approximate surface area is 147 Å². The number of hydrogen-bond donors (Lipinski definition) is 1. The molecule has 2 heterocycles. The molecule has 1 fully saturated rings. The highest BCUT2D eigenvalue weighted by molar-refractivity contribution is 7.89. The minimum atomic E-state index is -3.67. The monoisotopic (exact) mass is 367 g/mol. The van der Waals surface area contributed by atoms with Crippen LogP contribution in [0.1, 0.15) is 33.6 Å². The number of oxazole rings is 1. The summed E-state index contributed by atoms with van der Waals surface area (Å²) in [5.74, 6) is -0.477. The fourth-order valence-corrected chi connectivity index (χ4v) is 4.52. The second-order valence-electron chi connectivity index (χ2n) is 7.07. The molecule has 138 valence electrons. The van der Waals surface area contributed by atoms with Crippen molar-refractivity contribution in [2.75, 3.05) is 19.6 Å². The average Bonchev–Trinajstić information content (AvgIpc) is 3.19. The summed E-state index contributed by atoms with van der Waals surface area (Å²) in [7, 11) is -3.67. The van der Waals surface area contributed by atoms with Crippen LogP contribution in [0.3, 0.4) is 0 Å². The van der Waals surface area contributed by atoms with Gasteiger partial charge in [0.05, 0.1) is 10.4 Å². The van der Waals surface area contributed by atoms with Crippen LogP contribution in [-0.4, -0.2) is 43.1 Å². The number of nitrogens with zero attached hydrogens (tertiary/aromatic N) is 2. The molecule has 0 spiro atoms. The highest BCUT2D eigenvalue weighted by atomic mass is 32.2. The molecule has 1 aliphatic heterocycles. The topological polar surface area (TPSA) is 84.5 Å². The van der Waals surface area contributed by atoms with E-state index in [-0.39, 0.29) is 16.0 Å². The number of likely N-dealkylation sites (tertiary alicyclic amines) is 1. The van der Waals surface area contributed by atoms with E-state index in [1.54, 1.807) is 6.07 Å². The second-order valence-corrected chi connectivity index (χ2v) is 8.84. The first-order chi connectivity index (χ1) is 11.7. The standard InChI is InChI=1S/C17H25N3O4S/c1-4-20-14-8-7-13(11-15(14)24-16(20)21)25(22,23)18-12-17(2,3)19-9-5-6-10-19/h7-8,11,18H,4-6,9-10,12H2,1-3H3. The lowest BCUT2D eigenvalue weighted by molar-refractivity contribution is 0.158. The van der Waals surface area contributed by atoms with E-state index in [1.165, 1.54) is 16.7 Å². The van der Waals surface area contributed by atoms with Crippen molar-refractivity contribution in [1.29, 1.82) is 0 Å². The highest BCUT2D eigenvalue weighted by Crippen LogP contribution is 2.22. The van der Waals surface area contributed by atoms with E-state index in [4.69, 9.17) is 4.42 Å². The van der Waals surface area contributed by atoms with E-state index in [1.807, 2.05) is 20.8 Å². The van der Waals surface area contributed by atoms with Gasteiger partial charge in [0.2, 0.25) is 10.0 Å². The Morgan fingerprint density at radius 2 is 1.92 bits per heavy atom. The molecule has 0 saturated carbocycles. The first-order valence-corrected chi connectivity index (χ1v) is 10.1. The molecule has 2 aromatic rings. The largest absolute Gasteiger partial charge is 0.419 e. The van der Waals surface area contributed by atoms with Crippen molar-refractivity contribution in [2.24, 2.45) is 0 Å². The second kappa shape index (κ2) is 6.59. The maximum absolute atomic E-state index is 12.6. The normalized spacial score (nSPS) is 16.8. The van der Waals surface area contributed by atoms with E-state index in [9.17, 15) is 13.2 Å². The zero-order chi connectivity index (χ0) is 18.2. The fourth-order valence-electron chi connectivity index (χ4n) is 3.30. The molecule has 3 rings (SSSR count). The first kappa shape index (κ1) is 18.2. The van der Waals surface area contributed by atoms with Gasteiger partial charge in [0.15, 0.2) is 5.58 Å². The van der Waals surface area contributed by atoms with Gasteiger partial charge in [0.1, 0.15) is 0 Å². The van der Waals surface area contributed by atoms with Gasteiger partial charge in [-0.1, -0.05) is 0 Å². The van der Waals surface area contributed by atoms with Crippen LogP contribution >= 0.6 is 0 Å². The van der Waals surface area contributed by atoms with Crippen LogP contribution in [-0.2, 0) is 16.6 Å². The maximum atomic E-state index is 12.6. The van der Waals surface area contributed by atoms with Gasteiger partial charge in [-0.3, -0.25) is 9.47 Å². The summed E-state index contributed by atoms with van der Waals surface area (Å²) in [6.45, 7) is 8.72. The third-order valence-corrected chi connectivity index (χ3v) is 6.32. The van der Waals surface area contributed by atoms with Crippen LogP contribution in [0.25, 0.3) is 11.1 Å². The van der Waals surface area contributed by atoms with Crippen molar-refractivity contribution >= 4 is 21.1 Å². The van der Waals surface area contributed by atoms with Crippen molar-refractivity contribution in [1.82, 2.24) is 14.2 Å². The third-order valence-electron chi connectivity index (χ3n) is 4.92. The van der Waals surface area contributed by atoms with Crippen molar-refractivity contribution in [3.63, 3.8) is 0 Å². The summed E-state index contributed by atoms with van der Waals surface area (Å²) in [5, 5.41) is 0. The predicted octanol–water partition coefficient (Wildman–Crippen LogP) is 1.77. The van der Waals surface area contributed by atoms with Gasteiger partial charge >= 0.3 is 5.76 Å². The predicted molar refractivity (Wildman–Crippen MR) is 96.2 cm³/mol. The Kier molecular flexibility index (Phi) is 4.78. The molecule has 1 aromatic carbocycles. The van der Waals surface area contributed by atoms with E-state index in [0.29, 0.717) is 18.6 Å². The number of rotatable bonds is 6. The van der Waals surface area contributed by atoms with Crippen molar-refractivity contribution < 1.29 is 12.8 Å². The summed E-state index contributed by atoms with van der Waals surface area (Å²) in [6.07, 6.45) is 2.31. The summed E-state index contributed by atoms with van der Waals surface area (Å²) in [5.41, 5.74) is 0.642. The minimum Gasteiger partial charge on any atom is -0.408 e. The summed E-state index contributed by atoms with van der Waals surface area (Å²) >= 11 is 0. The first-order valence-electron chi connectivity index (χ1n) is 8.63. The van der Waals surface area contributed by atoms with Crippen LogP contribution in [0.4, 0.5) is 0 Å². The lowest BCUT2D eigenvalue weighted by Gasteiger charge is -2.35. The third kappa shape index (κ3) is 3.51. The van der Waals surface area contributed by atoms with Crippen LogP contribution in [0.2, 0.25) is 0 Å². The number of nitrogens with one attached hydrogen (secondary N) is 1. The van der Waals surface area contributed by atoms with E-state index >= 15 is 0 Å². The number of aromatic nitrogens is 1. The lowest BCUT2D eigenvalue weighted by Crippen LogP contribution is -2.50. The van der Waals surface area contributed by atoms with E-state index in [0.717, 1.165) is 25.9 Å². The maximum Gasteiger partial charge on any atom is 0.419 e. The van der Waals surface area contributed by atoms with Gasteiger partial charge in [-0.2, -0.15) is 0 Å². The zero-order valence-electron chi connectivity index (χ0n) is 14.9. The Bertz CT molecular complexity index is 921. The summed E-state index contributed by atoms with van der Waals surface area (Å²) in [4.78, 5) is 14.2. The Balaban J connectivity index is 1.82. The molecule has 1 aliphatic rings. The highest BCUT2D eigenvalue weighted by Gasteiger charge is 2.30. The van der Waals surface area contributed by atoms with Gasteiger partial charge in [0.25, 0.3) is 0 Å². The number of fused-ring (bicyclic) bond motifs is 1. The van der Waals surface area contributed by atoms with E-state index in [2.05, 4.69) is 9.62 Å². The lowest BCUT2D eigenvalue weighted by atomic mass is 10.0. The number of sulfonamides is 1. The molecule has 0 amide bonds. The molecule has 0 aliphatic carbocycles. The van der Waals surface area contributed by atoms with Crippen molar-refractivity contribution in [3.8, 4) is 0 Å². The molecule has 1 saturated heterocycles. The van der Waals surface area contributed by atoms with Gasteiger partial charge in [-0.25, -0.2) is 17.9 Å². The fraction of sp³-hybridized carbons (Fsp3) is 0.588. The molecule has 0 bridgehead atoms. The molecule has 0 radical (unpaired) electrons. The van der Waals surface area contributed by atoms with Crippen LogP contribution < -0.4 is 10.5 Å². The molecule has 8 heteroatoms. The van der Waals surface area contributed by atoms with Crippen LogP contribution in [0, 0.1) is 0 Å². The molecular weight excluding hydrogens is 342 g/mol. The molecule has 0 unspecified atom stereocenters. The van der Waals surface area contributed by atoms with Gasteiger partial charge in [0, 0.05) is 24.7 Å². The van der Waals surface area contributed by atoms with Gasteiger partial charge in [-0.15, -0.1) is 0 Å². The molecular formula is C17H25N3O4S. The number of hydrogen-bond acceptors (Lipinski definition) is 5. The Morgan fingerprint density at radius 3 is 2.56 bits per heavy atom. The zero-order valence-corrected chi connectivity index (χ0v) is 15.7. The van der Waals surface area contributed by atoms with Crippen molar-refractivity contribution in [3.05, 3.63) is 28.7 Å². The van der Waals surface area contributed by atoms with Crippen LogP contribution in [0.5, 0.6) is 0 Å². The number of benzene rings is 1. The van der Waals surface area contributed by atoms with Gasteiger partial charge in [-0.05, 0) is 58.8 Å². The number of aryl methyl sites for hydroxylation is 1. The quantitative estimate of drug-likeness (QED) is 0.841. The Hall–Kier alpha value is -1.64. The molecule has 1 aromatic heterocycles. The molecule has 25 heavy (non-hydrogen) atoms. The summed E-state index contributed by atoms with van der Waals surface area (Å²) < 4.78 is 34.6. The molecule has 0 atom stereocenters. The Morgan fingerprint density at radius 1 is 1.24 bits per heavy atom. The molecule has 7 nitrogen and oxygen atoms in total.